The third-order valence-electron chi connectivity index (χ3n) is 3.65. The van der Waals surface area contributed by atoms with Gasteiger partial charge in [0, 0.05) is 0 Å². The highest BCUT2D eigenvalue weighted by atomic mass is 14.8. The minimum absolute atomic E-state index is 0.761. The van der Waals surface area contributed by atoms with Gasteiger partial charge in [-0.25, -0.2) is 0 Å². The van der Waals surface area contributed by atoms with Crippen molar-refractivity contribution in [3.63, 3.8) is 0 Å². The van der Waals surface area contributed by atoms with Crippen molar-refractivity contribution in [2.75, 3.05) is 13.1 Å². The number of benzene rings is 1. The van der Waals surface area contributed by atoms with Crippen molar-refractivity contribution in [2.45, 2.75) is 53.9 Å². The molecule has 1 aromatic carbocycles. The van der Waals surface area contributed by atoms with Gasteiger partial charge in [0.2, 0.25) is 0 Å². The molecule has 0 aromatic heterocycles. The second kappa shape index (κ2) is 7.58. The molecule has 0 amide bonds. The van der Waals surface area contributed by atoms with Crippen molar-refractivity contribution < 1.29 is 0 Å². The molecule has 1 N–H and O–H groups in total. The van der Waals surface area contributed by atoms with E-state index in [1.807, 2.05) is 0 Å². The predicted molar refractivity (Wildman–Crippen MR) is 81.3 cm³/mol. The molecule has 0 radical (unpaired) electrons. The molecule has 0 spiro atoms. The third-order valence-corrected chi connectivity index (χ3v) is 3.65. The molecule has 1 atom stereocenters. The minimum Gasteiger partial charge on any atom is -0.316 e. The van der Waals surface area contributed by atoms with Gasteiger partial charge in [0.25, 0.3) is 0 Å². The van der Waals surface area contributed by atoms with Crippen molar-refractivity contribution in [3.05, 3.63) is 34.4 Å². The summed E-state index contributed by atoms with van der Waals surface area (Å²) in [6.45, 7) is 13.5. The molecule has 1 heteroatoms. The van der Waals surface area contributed by atoms with Crippen LogP contribution < -0.4 is 5.32 Å². The smallest absolute Gasteiger partial charge is 0.00230 e. The van der Waals surface area contributed by atoms with Gasteiger partial charge >= 0.3 is 0 Å². The lowest BCUT2D eigenvalue weighted by Gasteiger charge is -2.15. The van der Waals surface area contributed by atoms with E-state index in [2.05, 4.69) is 52.1 Å². The summed E-state index contributed by atoms with van der Waals surface area (Å²) in [5.41, 5.74) is 5.86. The SMILES string of the molecule is CCCNCC(C)CCc1c(C)cc(C)cc1C. The Morgan fingerprint density at radius 3 is 2.28 bits per heavy atom. The largest absolute Gasteiger partial charge is 0.316 e. The van der Waals surface area contributed by atoms with Gasteiger partial charge < -0.3 is 5.32 Å². The van der Waals surface area contributed by atoms with Crippen LogP contribution in [0.4, 0.5) is 0 Å². The van der Waals surface area contributed by atoms with Crippen molar-refractivity contribution in [1.29, 1.82) is 0 Å². The third kappa shape index (κ3) is 4.81. The summed E-state index contributed by atoms with van der Waals surface area (Å²) in [5, 5.41) is 3.51. The van der Waals surface area contributed by atoms with Gasteiger partial charge in [0.1, 0.15) is 0 Å². The lowest BCUT2D eigenvalue weighted by Crippen LogP contribution is -2.22. The summed E-state index contributed by atoms with van der Waals surface area (Å²) in [6.07, 6.45) is 3.72. The van der Waals surface area contributed by atoms with E-state index in [1.165, 1.54) is 36.0 Å². The molecule has 0 saturated heterocycles. The second-order valence-electron chi connectivity index (χ2n) is 5.73. The summed E-state index contributed by atoms with van der Waals surface area (Å²) in [5.74, 6) is 0.761. The molecule has 0 aliphatic heterocycles. The van der Waals surface area contributed by atoms with Crippen LogP contribution in [0.25, 0.3) is 0 Å². The van der Waals surface area contributed by atoms with E-state index in [-0.39, 0.29) is 0 Å². The van der Waals surface area contributed by atoms with E-state index >= 15 is 0 Å². The van der Waals surface area contributed by atoms with Crippen LogP contribution in [0, 0.1) is 26.7 Å². The molecule has 0 aliphatic rings. The molecule has 0 bridgehead atoms. The fraction of sp³-hybridized carbons (Fsp3) is 0.647. The fourth-order valence-electron chi connectivity index (χ4n) is 2.62. The zero-order valence-corrected chi connectivity index (χ0v) is 12.8. The first-order valence-electron chi connectivity index (χ1n) is 7.32. The van der Waals surface area contributed by atoms with E-state index < -0.39 is 0 Å². The number of nitrogens with one attached hydrogen (secondary N) is 1. The molecule has 1 rings (SSSR count). The van der Waals surface area contributed by atoms with E-state index in [1.54, 1.807) is 5.56 Å². The highest BCUT2D eigenvalue weighted by molar-refractivity contribution is 5.37. The van der Waals surface area contributed by atoms with Gasteiger partial charge in [-0.2, -0.15) is 0 Å². The van der Waals surface area contributed by atoms with E-state index in [9.17, 15) is 0 Å². The minimum atomic E-state index is 0.761. The molecule has 0 heterocycles. The second-order valence-corrected chi connectivity index (χ2v) is 5.73. The lowest BCUT2D eigenvalue weighted by molar-refractivity contribution is 0.481. The van der Waals surface area contributed by atoms with Gasteiger partial charge in [0.05, 0.1) is 0 Å². The molecule has 1 aromatic rings. The monoisotopic (exact) mass is 247 g/mol. The Morgan fingerprint density at radius 1 is 1.11 bits per heavy atom. The van der Waals surface area contributed by atoms with Crippen molar-refractivity contribution in [2.24, 2.45) is 5.92 Å². The maximum Gasteiger partial charge on any atom is -0.00230 e. The summed E-state index contributed by atoms with van der Waals surface area (Å²) >= 11 is 0. The average Bonchev–Trinajstić information content (AvgIpc) is 2.27. The highest BCUT2D eigenvalue weighted by Gasteiger charge is 2.07. The van der Waals surface area contributed by atoms with E-state index in [0.717, 1.165) is 19.0 Å². The summed E-state index contributed by atoms with van der Waals surface area (Å²) in [4.78, 5) is 0. The number of rotatable bonds is 7. The molecule has 102 valence electrons. The summed E-state index contributed by atoms with van der Waals surface area (Å²) < 4.78 is 0. The Balaban J connectivity index is 2.48. The Morgan fingerprint density at radius 2 is 1.72 bits per heavy atom. The quantitative estimate of drug-likeness (QED) is 0.713. The molecular formula is C17H29N. The van der Waals surface area contributed by atoms with Crippen molar-refractivity contribution in [3.8, 4) is 0 Å². The van der Waals surface area contributed by atoms with Gasteiger partial charge in [-0.15, -0.1) is 0 Å². The zero-order chi connectivity index (χ0) is 13.5. The Bertz CT molecular complexity index is 345. The molecule has 0 saturated carbocycles. The van der Waals surface area contributed by atoms with Crippen LogP contribution in [-0.4, -0.2) is 13.1 Å². The van der Waals surface area contributed by atoms with Crippen molar-refractivity contribution in [1.82, 2.24) is 5.32 Å². The van der Waals surface area contributed by atoms with Crippen LogP contribution in [-0.2, 0) is 6.42 Å². The molecule has 1 unspecified atom stereocenters. The van der Waals surface area contributed by atoms with Crippen LogP contribution in [0.15, 0.2) is 12.1 Å². The topological polar surface area (TPSA) is 12.0 Å². The highest BCUT2D eigenvalue weighted by Crippen LogP contribution is 2.19. The Labute approximate surface area is 113 Å². The summed E-state index contributed by atoms with van der Waals surface area (Å²) in [6, 6.07) is 4.62. The standard InChI is InChI=1S/C17H29N/c1-6-9-18-12-13(2)7-8-17-15(4)10-14(3)11-16(17)5/h10-11,13,18H,6-9,12H2,1-5H3. The number of hydrogen-bond donors (Lipinski definition) is 1. The first kappa shape index (κ1) is 15.2. The van der Waals surface area contributed by atoms with Crippen LogP contribution in [0.1, 0.15) is 48.9 Å². The first-order chi connectivity index (χ1) is 8.54. The van der Waals surface area contributed by atoms with Gasteiger partial charge in [-0.05, 0) is 75.7 Å². The Kier molecular flexibility index (Phi) is 6.42. The van der Waals surface area contributed by atoms with Crippen molar-refractivity contribution >= 4 is 0 Å². The number of aryl methyl sites for hydroxylation is 3. The molecule has 0 aliphatic carbocycles. The predicted octanol–water partition coefficient (Wildman–Crippen LogP) is 4.18. The molecular weight excluding hydrogens is 218 g/mol. The average molecular weight is 247 g/mol. The molecule has 1 nitrogen and oxygen atoms in total. The maximum absolute atomic E-state index is 3.51. The van der Waals surface area contributed by atoms with Gasteiger partial charge in [-0.3, -0.25) is 0 Å². The van der Waals surface area contributed by atoms with E-state index in [4.69, 9.17) is 0 Å². The van der Waals surface area contributed by atoms with Crippen LogP contribution in [0.2, 0.25) is 0 Å². The fourth-order valence-corrected chi connectivity index (χ4v) is 2.62. The molecule has 18 heavy (non-hydrogen) atoms. The van der Waals surface area contributed by atoms with Crippen LogP contribution >= 0.6 is 0 Å². The van der Waals surface area contributed by atoms with Gasteiger partial charge in [-0.1, -0.05) is 31.5 Å². The maximum atomic E-state index is 3.51. The zero-order valence-electron chi connectivity index (χ0n) is 12.8. The molecule has 0 fully saturated rings. The first-order valence-corrected chi connectivity index (χ1v) is 7.32. The van der Waals surface area contributed by atoms with Gasteiger partial charge in [0.15, 0.2) is 0 Å². The van der Waals surface area contributed by atoms with Crippen LogP contribution in [0.5, 0.6) is 0 Å². The van der Waals surface area contributed by atoms with E-state index in [0.29, 0.717) is 0 Å². The Hall–Kier alpha value is -0.820. The van der Waals surface area contributed by atoms with Crippen LogP contribution in [0.3, 0.4) is 0 Å². The normalized spacial score (nSPS) is 12.7. The number of hydrogen-bond acceptors (Lipinski definition) is 1. The summed E-state index contributed by atoms with van der Waals surface area (Å²) in [7, 11) is 0. The lowest BCUT2D eigenvalue weighted by atomic mass is 9.93.